The number of fused-ring (bicyclic) bond motifs is 1. The van der Waals surface area contributed by atoms with Crippen LogP contribution in [0.2, 0.25) is 0 Å². The van der Waals surface area contributed by atoms with E-state index in [0.29, 0.717) is 27.5 Å². The average Bonchev–Trinajstić information content (AvgIpc) is 3.15. The van der Waals surface area contributed by atoms with Gasteiger partial charge in [-0.1, -0.05) is 24.3 Å². The number of benzene rings is 1. The number of aromatic nitrogens is 2. The molecule has 4 rings (SSSR count). The van der Waals surface area contributed by atoms with Gasteiger partial charge in [0.05, 0.1) is 24.6 Å². The molecular weight excluding hydrogens is 366 g/mol. The summed E-state index contributed by atoms with van der Waals surface area (Å²) in [5.74, 6) is 1.08. The highest BCUT2D eigenvalue weighted by Crippen LogP contribution is 2.33. The molecule has 0 spiro atoms. The molecule has 0 N–H and O–H groups in total. The number of rotatable bonds is 5. The minimum Gasteiger partial charge on any atom is -0.619 e. The van der Waals surface area contributed by atoms with Crippen molar-refractivity contribution in [2.24, 2.45) is 0 Å². The Labute approximate surface area is 168 Å². The van der Waals surface area contributed by atoms with Gasteiger partial charge in [0.1, 0.15) is 12.2 Å². The van der Waals surface area contributed by atoms with Crippen LogP contribution in [0.15, 0.2) is 61.1 Å². The molecule has 0 atom stereocenters. The molecular formula is C23H19N3O3. The average molecular weight is 385 g/mol. The third-order valence-corrected chi connectivity index (χ3v) is 4.89. The Hall–Kier alpha value is -3.85. The Bertz CT molecular complexity index is 1080. The fourth-order valence-electron chi connectivity index (χ4n) is 3.45. The van der Waals surface area contributed by atoms with Gasteiger partial charge in [0, 0.05) is 31.0 Å². The number of ether oxygens (including phenoxy) is 2. The first-order chi connectivity index (χ1) is 14.2. The van der Waals surface area contributed by atoms with Crippen LogP contribution in [0.3, 0.4) is 0 Å². The summed E-state index contributed by atoms with van der Waals surface area (Å²) >= 11 is 0. The smallest absolute Gasteiger partial charge is 0.180 e. The molecule has 29 heavy (non-hydrogen) atoms. The maximum Gasteiger partial charge on any atom is 0.180 e. The fourth-order valence-corrected chi connectivity index (χ4v) is 3.45. The van der Waals surface area contributed by atoms with E-state index >= 15 is 0 Å². The molecule has 0 amide bonds. The molecule has 0 saturated carbocycles. The number of nitriles is 1. The van der Waals surface area contributed by atoms with E-state index in [1.807, 2.05) is 12.1 Å². The SMILES string of the molecule is COc1cnc(/C(C#N)=C/c2cc[n+]([O-])cc2)cc1OC1Cc2ccccc2C1. The van der Waals surface area contributed by atoms with Gasteiger partial charge in [0.15, 0.2) is 23.9 Å². The Balaban J connectivity index is 1.61. The van der Waals surface area contributed by atoms with E-state index in [1.54, 1.807) is 37.6 Å². The molecule has 144 valence electrons. The Morgan fingerprint density at radius 1 is 1.17 bits per heavy atom. The van der Waals surface area contributed by atoms with Crippen molar-refractivity contribution in [1.29, 1.82) is 5.26 Å². The lowest BCUT2D eigenvalue weighted by Crippen LogP contribution is -2.23. The number of nitrogens with zero attached hydrogens (tertiary/aromatic N) is 3. The molecule has 3 aromatic rings. The van der Waals surface area contributed by atoms with E-state index in [-0.39, 0.29) is 6.10 Å². The zero-order valence-electron chi connectivity index (χ0n) is 15.9. The molecule has 0 fully saturated rings. The lowest BCUT2D eigenvalue weighted by atomic mass is 10.1. The third kappa shape index (κ3) is 4.04. The lowest BCUT2D eigenvalue weighted by Gasteiger charge is -2.16. The first kappa shape index (κ1) is 18.5. The first-order valence-electron chi connectivity index (χ1n) is 9.24. The molecule has 6 heteroatoms. The fraction of sp³-hybridized carbons (Fsp3) is 0.174. The highest BCUT2D eigenvalue weighted by atomic mass is 16.5. The first-order valence-corrected chi connectivity index (χ1v) is 9.24. The number of methoxy groups -OCH3 is 1. The van der Waals surface area contributed by atoms with Gasteiger partial charge in [-0.2, -0.15) is 9.99 Å². The maximum absolute atomic E-state index is 11.2. The summed E-state index contributed by atoms with van der Waals surface area (Å²) in [5, 5.41) is 20.8. The molecule has 1 aliphatic carbocycles. The summed E-state index contributed by atoms with van der Waals surface area (Å²) < 4.78 is 12.3. The highest BCUT2D eigenvalue weighted by molar-refractivity contribution is 5.88. The molecule has 0 unspecified atom stereocenters. The van der Waals surface area contributed by atoms with Crippen molar-refractivity contribution in [2.45, 2.75) is 18.9 Å². The molecule has 1 aromatic carbocycles. The number of pyridine rings is 2. The predicted octanol–water partition coefficient (Wildman–Crippen LogP) is 3.33. The van der Waals surface area contributed by atoms with Crippen LogP contribution in [0.5, 0.6) is 11.5 Å². The highest BCUT2D eigenvalue weighted by Gasteiger charge is 2.24. The van der Waals surface area contributed by atoms with Gasteiger partial charge in [-0.25, -0.2) is 0 Å². The molecule has 2 heterocycles. The second kappa shape index (κ2) is 8.03. The van der Waals surface area contributed by atoms with Crippen molar-refractivity contribution < 1.29 is 14.2 Å². The zero-order chi connectivity index (χ0) is 20.2. The molecule has 6 nitrogen and oxygen atoms in total. The molecule has 0 saturated heterocycles. The van der Waals surface area contributed by atoms with Crippen LogP contribution in [-0.4, -0.2) is 18.2 Å². The van der Waals surface area contributed by atoms with Crippen molar-refractivity contribution in [3.05, 3.63) is 88.6 Å². The van der Waals surface area contributed by atoms with E-state index in [9.17, 15) is 10.5 Å². The number of hydrogen-bond acceptors (Lipinski definition) is 5. The van der Waals surface area contributed by atoms with Gasteiger partial charge in [0.2, 0.25) is 0 Å². The largest absolute Gasteiger partial charge is 0.619 e. The van der Waals surface area contributed by atoms with Crippen LogP contribution in [-0.2, 0) is 12.8 Å². The van der Waals surface area contributed by atoms with E-state index in [0.717, 1.165) is 18.4 Å². The van der Waals surface area contributed by atoms with E-state index in [4.69, 9.17) is 9.47 Å². The van der Waals surface area contributed by atoms with Gasteiger partial charge < -0.3 is 14.7 Å². The van der Waals surface area contributed by atoms with Gasteiger partial charge in [-0.3, -0.25) is 4.98 Å². The van der Waals surface area contributed by atoms with Crippen molar-refractivity contribution in [3.8, 4) is 17.6 Å². The number of allylic oxidation sites excluding steroid dienone is 1. The second-order valence-corrected chi connectivity index (χ2v) is 6.80. The minimum absolute atomic E-state index is 0.00712. The van der Waals surface area contributed by atoms with Crippen LogP contribution in [0.25, 0.3) is 11.6 Å². The lowest BCUT2D eigenvalue weighted by molar-refractivity contribution is -0.605. The van der Waals surface area contributed by atoms with Gasteiger partial charge in [-0.05, 0) is 22.8 Å². The topological polar surface area (TPSA) is 82.1 Å². The van der Waals surface area contributed by atoms with Gasteiger partial charge in [-0.15, -0.1) is 0 Å². The van der Waals surface area contributed by atoms with E-state index < -0.39 is 0 Å². The van der Waals surface area contributed by atoms with Crippen LogP contribution < -0.4 is 14.2 Å². The standard InChI is InChI=1S/C23H19N3O3/c1-28-23-15-25-21(19(14-24)10-16-6-8-26(27)9-7-16)13-22(23)29-20-11-17-4-2-3-5-18(17)12-20/h2-10,13,15,20H,11-12H2,1H3/b19-10+. The Morgan fingerprint density at radius 3 is 2.48 bits per heavy atom. The van der Waals surface area contributed by atoms with Crippen molar-refractivity contribution in [2.75, 3.05) is 7.11 Å². The minimum atomic E-state index is 0.00712. The van der Waals surface area contributed by atoms with Crippen LogP contribution >= 0.6 is 0 Å². The molecule has 1 aliphatic rings. The quantitative estimate of drug-likeness (QED) is 0.382. The third-order valence-electron chi connectivity index (χ3n) is 4.89. The summed E-state index contributed by atoms with van der Waals surface area (Å²) in [7, 11) is 1.57. The summed E-state index contributed by atoms with van der Waals surface area (Å²) in [6, 6.07) is 15.5. The summed E-state index contributed by atoms with van der Waals surface area (Å²) in [6.45, 7) is 0. The summed E-state index contributed by atoms with van der Waals surface area (Å²) in [5.41, 5.74) is 4.18. The van der Waals surface area contributed by atoms with Crippen molar-refractivity contribution in [3.63, 3.8) is 0 Å². The second-order valence-electron chi connectivity index (χ2n) is 6.80. The van der Waals surface area contributed by atoms with Crippen LogP contribution in [0.1, 0.15) is 22.4 Å². The molecule has 2 aromatic heterocycles. The van der Waals surface area contributed by atoms with E-state index in [1.165, 1.54) is 23.5 Å². The monoisotopic (exact) mass is 385 g/mol. The normalized spacial score (nSPS) is 13.6. The van der Waals surface area contributed by atoms with Gasteiger partial charge in [0.25, 0.3) is 0 Å². The summed E-state index contributed by atoms with van der Waals surface area (Å²) in [4.78, 5) is 4.35. The van der Waals surface area contributed by atoms with Crippen molar-refractivity contribution in [1.82, 2.24) is 4.98 Å². The Kier molecular flexibility index (Phi) is 5.12. The molecule has 0 aliphatic heterocycles. The Morgan fingerprint density at radius 2 is 1.86 bits per heavy atom. The van der Waals surface area contributed by atoms with E-state index in [2.05, 4.69) is 23.2 Å². The van der Waals surface area contributed by atoms with Gasteiger partial charge >= 0.3 is 0 Å². The van der Waals surface area contributed by atoms with Crippen LogP contribution in [0.4, 0.5) is 0 Å². The zero-order valence-corrected chi connectivity index (χ0v) is 15.9. The predicted molar refractivity (Wildman–Crippen MR) is 108 cm³/mol. The van der Waals surface area contributed by atoms with Crippen LogP contribution in [0, 0.1) is 16.5 Å². The molecule has 0 radical (unpaired) electrons. The summed E-state index contributed by atoms with van der Waals surface area (Å²) in [6.07, 6.45) is 7.68. The maximum atomic E-state index is 11.2. The number of hydrogen-bond donors (Lipinski definition) is 0. The van der Waals surface area contributed by atoms with Crippen molar-refractivity contribution >= 4 is 11.6 Å². The molecule has 0 bridgehead atoms.